The molecule has 2 aliphatic carbocycles. The average molecular weight is 352 g/mol. The standard InChI is InChI=1S/C17H25N5O.ClH/c18-16-12-4-3-11(10-12)15(16)17(23)22-8-5-13(6-9-22)20-14-2-1-7-19-21-14;/h1-2,7,11-13,15-16H,3-6,8-10,18H2,(H,20,21);1H. The summed E-state index contributed by atoms with van der Waals surface area (Å²) in [6.45, 7) is 1.63. The molecule has 0 spiro atoms. The molecule has 2 saturated carbocycles. The molecule has 2 bridgehead atoms. The number of anilines is 1. The largest absolute Gasteiger partial charge is 0.366 e. The Bertz CT molecular complexity index is 561. The van der Waals surface area contributed by atoms with Crippen molar-refractivity contribution in [3.8, 4) is 0 Å². The molecule has 4 atom stereocenters. The van der Waals surface area contributed by atoms with Gasteiger partial charge in [-0.1, -0.05) is 0 Å². The molecule has 1 aliphatic heterocycles. The lowest BCUT2D eigenvalue weighted by atomic mass is 9.83. The maximum Gasteiger partial charge on any atom is 0.227 e. The predicted molar refractivity (Wildman–Crippen MR) is 94.8 cm³/mol. The zero-order valence-corrected chi connectivity index (χ0v) is 14.6. The summed E-state index contributed by atoms with van der Waals surface area (Å²) < 4.78 is 0. The first-order chi connectivity index (χ1) is 11.2. The van der Waals surface area contributed by atoms with Crippen LogP contribution in [0.15, 0.2) is 18.3 Å². The van der Waals surface area contributed by atoms with E-state index in [1.54, 1.807) is 6.20 Å². The lowest BCUT2D eigenvalue weighted by Crippen LogP contribution is -2.50. The zero-order valence-electron chi connectivity index (χ0n) is 13.8. The number of hydrogen-bond acceptors (Lipinski definition) is 5. The molecule has 0 radical (unpaired) electrons. The van der Waals surface area contributed by atoms with Crippen molar-refractivity contribution in [3.63, 3.8) is 0 Å². The molecule has 132 valence electrons. The number of nitrogens with zero attached hydrogens (tertiary/aromatic N) is 3. The highest BCUT2D eigenvalue weighted by Gasteiger charge is 2.50. The van der Waals surface area contributed by atoms with Crippen LogP contribution in [0.2, 0.25) is 0 Å². The van der Waals surface area contributed by atoms with E-state index in [1.807, 2.05) is 17.0 Å². The fourth-order valence-corrected chi connectivity index (χ4v) is 4.74. The molecule has 7 heteroatoms. The first-order valence-corrected chi connectivity index (χ1v) is 8.81. The number of piperidine rings is 1. The van der Waals surface area contributed by atoms with Gasteiger partial charge >= 0.3 is 0 Å². The van der Waals surface area contributed by atoms with E-state index >= 15 is 0 Å². The summed E-state index contributed by atoms with van der Waals surface area (Å²) in [5.41, 5.74) is 6.33. The van der Waals surface area contributed by atoms with Crippen molar-refractivity contribution in [2.24, 2.45) is 23.5 Å². The molecule has 3 aliphatic rings. The summed E-state index contributed by atoms with van der Waals surface area (Å²) in [5, 5.41) is 11.4. The highest BCUT2D eigenvalue weighted by Crippen LogP contribution is 2.48. The van der Waals surface area contributed by atoms with Crippen LogP contribution in [0.1, 0.15) is 32.1 Å². The third kappa shape index (κ3) is 3.22. The van der Waals surface area contributed by atoms with Crippen LogP contribution in [0.3, 0.4) is 0 Å². The number of likely N-dealkylation sites (tertiary alicyclic amines) is 1. The minimum atomic E-state index is 0. The van der Waals surface area contributed by atoms with Gasteiger partial charge in [0, 0.05) is 31.4 Å². The number of halogens is 1. The van der Waals surface area contributed by atoms with Crippen molar-refractivity contribution in [1.29, 1.82) is 0 Å². The first-order valence-electron chi connectivity index (χ1n) is 8.81. The summed E-state index contributed by atoms with van der Waals surface area (Å²) in [4.78, 5) is 14.9. The van der Waals surface area contributed by atoms with Gasteiger partial charge < -0.3 is 16.0 Å². The average Bonchev–Trinajstić information content (AvgIpc) is 3.17. The number of rotatable bonds is 3. The molecular weight excluding hydrogens is 326 g/mol. The topological polar surface area (TPSA) is 84.1 Å². The van der Waals surface area contributed by atoms with E-state index in [4.69, 9.17) is 5.73 Å². The van der Waals surface area contributed by atoms with Gasteiger partial charge in [-0.2, -0.15) is 5.10 Å². The van der Waals surface area contributed by atoms with E-state index in [0.717, 1.165) is 31.7 Å². The van der Waals surface area contributed by atoms with E-state index < -0.39 is 0 Å². The Labute approximate surface area is 149 Å². The summed E-state index contributed by atoms with van der Waals surface area (Å²) in [6.07, 6.45) is 7.17. The van der Waals surface area contributed by atoms with Crippen LogP contribution >= 0.6 is 12.4 Å². The highest BCUT2D eigenvalue weighted by atomic mass is 35.5. The fourth-order valence-electron chi connectivity index (χ4n) is 4.74. The molecule has 1 amide bonds. The minimum Gasteiger partial charge on any atom is -0.366 e. The van der Waals surface area contributed by atoms with Crippen LogP contribution in [0.25, 0.3) is 0 Å². The number of hydrogen-bond donors (Lipinski definition) is 2. The summed E-state index contributed by atoms with van der Waals surface area (Å²) in [5.74, 6) is 2.33. The van der Waals surface area contributed by atoms with Crippen LogP contribution in [-0.2, 0) is 4.79 Å². The van der Waals surface area contributed by atoms with Crippen molar-refractivity contribution in [3.05, 3.63) is 18.3 Å². The van der Waals surface area contributed by atoms with Crippen molar-refractivity contribution < 1.29 is 4.79 Å². The Hall–Kier alpha value is -1.40. The Morgan fingerprint density at radius 3 is 2.58 bits per heavy atom. The van der Waals surface area contributed by atoms with Crippen LogP contribution in [-0.4, -0.2) is 46.2 Å². The second-order valence-electron chi connectivity index (χ2n) is 7.29. The van der Waals surface area contributed by atoms with E-state index in [2.05, 4.69) is 15.5 Å². The molecule has 1 saturated heterocycles. The number of nitrogens with two attached hydrogens (primary N) is 1. The molecule has 3 fully saturated rings. The summed E-state index contributed by atoms with van der Waals surface area (Å²) in [6, 6.07) is 4.27. The molecule has 24 heavy (non-hydrogen) atoms. The molecule has 4 rings (SSSR count). The van der Waals surface area contributed by atoms with E-state index in [0.29, 0.717) is 23.8 Å². The van der Waals surface area contributed by atoms with Crippen molar-refractivity contribution in [2.75, 3.05) is 18.4 Å². The number of fused-ring (bicyclic) bond motifs is 2. The molecule has 2 heterocycles. The second kappa shape index (κ2) is 7.23. The molecule has 1 aromatic rings. The highest BCUT2D eigenvalue weighted by molar-refractivity contribution is 5.85. The maximum atomic E-state index is 12.9. The predicted octanol–water partition coefficient (Wildman–Crippen LogP) is 1.67. The van der Waals surface area contributed by atoms with Gasteiger partial charge in [-0.25, -0.2) is 0 Å². The van der Waals surface area contributed by atoms with Crippen molar-refractivity contribution >= 4 is 24.1 Å². The Balaban J connectivity index is 0.00000169. The summed E-state index contributed by atoms with van der Waals surface area (Å²) in [7, 11) is 0. The Kier molecular flexibility index (Phi) is 5.25. The summed E-state index contributed by atoms with van der Waals surface area (Å²) >= 11 is 0. The van der Waals surface area contributed by atoms with Gasteiger partial charge in [0.2, 0.25) is 5.91 Å². The number of carbonyl (C=O) groups is 1. The van der Waals surface area contributed by atoms with Crippen LogP contribution in [0.5, 0.6) is 0 Å². The fraction of sp³-hybridized carbons (Fsp3) is 0.706. The van der Waals surface area contributed by atoms with Crippen LogP contribution in [0.4, 0.5) is 5.82 Å². The number of aromatic nitrogens is 2. The Morgan fingerprint density at radius 1 is 1.21 bits per heavy atom. The molecule has 3 N–H and O–H groups in total. The smallest absolute Gasteiger partial charge is 0.227 e. The molecule has 6 nitrogen and oxygen atoms in total. The van der Waals surface area contributed by atoms with E-state index in [9.17, 15) is 4.79 Å². The number of carbonyl (C=O) groups excluding carboxylic acids is 1. The third-order valence-corrected chi connectivity index (χ3v) is 6.00. The van der Waals surface area contributed by atoms with Crippen LogP contribution in [0, 0.1) is 17.8 Å². The quantitative estimate of drug-likeness (QED) is 0.865. The molecular formula is C17H26ClN5O. The Morgan fingerprint density at radius 2 is 1.96 bits per heavy atom. The van der Waals surface area contributed by atoms with E-state index in [-0.39, 0.29) is 24.4 Å². The lowest BCUT2D eigenvalue weighted by Gasteiger charge is -2.37. The van der Waals surface area contributed by atoms with Gasteiger partial charge in [0.25, 0.3) is 0 Å². The minimum absolute atomic E-state index is 0. The first kappa shape index (κ1) is 17.4. The van der Waals surface area contributed by atoms with Crippen molar-refractivity contribution in [1.82, 2.24) is 15.1 Å². The monoisotopic (exact) mass is 351 g/mol. The molecule has 0 aromatic carbocycles. The zero-order chi connectivity index (χ0) is 15.8. The van der Waals surface area contributed by atoms with Gasteiger partial charge in [0.15, 0.2) is 0 Å². The van der Waals surface area contributed by atoms with Gasteiger partial charge in [0.1, 0.15) is 5.82 Å². The normalized spacial score (nSPS) is 32.5. The van der Waals surface area contributed by atoms with Gasteiger partial charge in [0.05, 0.1) is 5.92 Å². The van der Waals surface area contributed by atoms with Gasteiger partial charge in [-0.15, -0.1) is 17.5 Å². The second-order valence-corrected chi connectivity index (χ2v) is 7.29. The van der Waals surface area contributed by atoms with Crippen molar-refractivity contribution in [2.45, 2.75) is 44.2 Å². The van der Waals surface area contributed by atoms with E-state index in [1.165, 1.54) is 19.3 Å². The lowest BCUT2D eigenvalue weighted by molar-refractivity contribution is -0.138. The number of nitrogens with one attached hydrogen (secondary N) is 1. The molecule has 4 unspecified atom stereocenters. The van der Waals surface area contributed by atoms with Gasteiger partial charge in [-0.05, 0) is 56.1 Å². The number of amides is 1. The van der Waals surface area contributed by atoms with Gasteiger partial charge in [-0.3, -0.25) is 4.79 Å². The third-order valence-electron chi connectivity index (χ3n) is 6.00. The van der Waals surface area contributed by atoms with Crippen LogP contribution < -0.4 is 11.1 Å². The maximum absolute atomic E-state index is 12.9. The SMILES string of the molecule is Cl.NC1C2CCC(C2)C1C(=O)N1CCC(Nc2cccnn2)CC1. The molecule has 1 aromatic heterocycles.